The van der Waals surface area contributed by atoms with Crippen LogP contribution in [0.4, 0.5) is 4.39 Å². The van der Waals surface area contributed by atoms with Gasteiger partial charge < -0.3 is 10.4 Å². The van der Waals surface area contributed by atoms with E-state index in [1.54, 1.807) is 31.2 Å². The topological polar surface area (TPSA) is 101 Å². The van der Waals surface area contributed by atoms with Gasteiger partial charge in [0.15, 0.2) is 5.69 Å². The lowest BCUT2D eigenvalue weighted by Gasteiger charge is -2.18. The molecule has 0 spiro atoms. The van der Waals surface area contributed by atoms with Crippen LogP contribution in [0, 0.1) is 5.82 Å². The molecule has 0 aliphatic rings. The largest absolute Gasteiger partial charge is 0.481 e. The number of rotatable bonds is 6. The molecule has 0 bridgehead atoms. The van der Waals surface area contributed by atoms with Crippen molar-refractivity contribution >= 4 is 22.6 Å². The number of carbonyl (C=O) groups excluding carboxylic acids is 1. The minimum absolute atomic E-state index is 0.0227. The van der Waals surface area contributed by atoms with Crippen LogP contribution in [0.3, 0.4) is 0 Å². The maximum absolute atomic E-state index is 13.2. The number of nitrogens with zero attached hydrogens (tertiary/aromatic N) is 2. The smallest absolute Gasteiger partial charge is 0.305 e. The Balaban J connectivity index is 2.02. The van der Waals surface area contributed by atoms with Crippen LogP contribution in [-0.4, -0.2) is 26.8 Å². The fraction of sp³-hybridized carbons (Fsp3) is 0.200. The Bertz CT molecular complexity index is 1090. The third-order valence-corrected chi connectivity index (χ3v) is 4.34. The monoisotopic (exact) mass is 383 g/mol. The molecular formula is C20H18FN3O4. The van der Waals surface area contributed by atoms with Crippen LogP contribution >= 0.6 is 0 Å². The molecule has 0 unspecified atom stereocenters. The molecule has 3 aromatic rings. The highest BCUT2D eigenvalue weighted by Gasteiger charge is 2.22. The molecule has 1 heterocycles. The average molecular weight is 383 g/mol. The van der Waals surface area contributed by atoms with E-state index < -0.39 is 23.7 Å². The molecule has 2 aromatic carbocycles. The van der Waals surface area contributed by atoms with E-state index in [4.69, 9.17) is 0 Å². The molecular weight excluding hydrogens is 365 g/mol. The number of fused-ring (bicyclic) bond motifs is 1. The van der Waals surface area contributed by atoms with Crippen molar-refractivity contribution in [2.24, 2.45) is 0 Å². The second kappa shape index (κ2) is 7.99. The van der Waals surface area contributed by atoms with Crippen molar-refractivity contribution < 1.29 is 19.1 Å². The van der Waals surface area contributed by atoms with E-state index in [0.717, 1.165) is 0 Å². The number of nitrogens with one attached hydrogen (secondary N) is 1. The van der Waals surface area contributed by atoms with Crippen LogP contribution in [0.2, 0.25) is 0 Å². The first-order valence-corrected chi connectivity index (χ1v) is 8.68. The number of carboxylic acids is 1. The zero-order chi connectivity index (χ0) is 20.3. The van der Waals surface area contributed by atoms with Crippen LogP contribution in [0.5, 0.6) is 0 Å². The lowest BCUT2D eigenvalue weighted by atomic mass is 10.0. The van der Waals surface area contributed by atoms with E-state index in [0.29, 0.717) is 16.3 Å². The third kappa shape index (κ3) is 3.90. The fourth-order valence-electron chi connectivity index (χ4n) is 2.97. The predicted molar refractivity (Wildman–Crippen MR) is 101 cm³/mol. The second-order valence-electron chi connectivity index (χ2n) is 6.19. The van der Waals surface area contributed by atoms with Gasteiger partial charge in [-0.15, -0.1) is 0 Å². The zero-order valence-electron chi connectivity index (χ0n) is 15.1. The van der Waals surface area contributed by atoms with Gasteiger partial charge in [-0.05, 0) is 30.7 Å². The van der Waals surface area contributed by atoms with Crippen molar-refractivity contribution in [2.45, 2.75) is 25.9 Å². The fourth-order valence-corrected chi connectivity index (χ4v) is 2.97. The molecule has 1 amide bonds. The highest BCUT2D eigenvalue weighted by atomic mass is 19.1. The maximum atomic E-state index is 13.2. The molecule has 144 valence electrons. The summed E-state index contributed by atoms with van der Waals surface area (Å²) in [7, 11) is 0. The van der Waals surface area contributed by atoms with Gasteiger partial charge in [0.2, 0.25) is 0 Å². The summed E-state index contributed by atoms with van der Waals surface area (Å²) < 4.78 is 14.4. The van der Waals surface area contributed by atoms with Crippen LogP contribution in [-0.2, 0) is 11.3 Å². The lowest BCUT2D eigenvalue weighted by Crippen LogP contribution is -2.33. The summed E-state index contributed by atoms with van der Waals surface area (Å²) in [6.07, 6.45) is -0.386. The number of carboxylic acid groups (broad SMARTS) is 1. The van der Waals surface area contributed by atoms with Crippen molar-refractivity contribution in [3.8, 4) is 0 Å². The molecule has 0 radical (unpaired) electrons. The number of aryl methyl sites for hydroxylation is 1. The summed E-state index contributed by atoms with van der Waals surface area (Å²) >= 11 is 0. The molecule has 1 atom stereocenters. The van der Waals surface area contributed by atoms with Crippen molar-refractivity contribution in [1.29, 1.82) is 0 Å². The Hall–Kier alpha value is -3.55. The molecule has 8 heteroatoms. The van der Waals surface area contributed by atoms with Gasteiger partial charge in [0.25, 0.3) is 11.5 Å². The molecule has 0 fully saturated rings. The van der Waals surface area contributed by atoms with E-state index >= 15 is 0 Å². The van der Waals surface area contributed by atoms with E-state index in [1.807, 2.05) is 0 Å². The maximum Gasteiger partial charge on any atom is 0.305 e. The molecule has 2 N–H and O–H groups in total. The van der Waals surface area contributed by atoms with E-state index in [9.17, 15) is 23.9 Å². The van der Waals surface area contributed by atoms with E-state index in [1.165, 1.54) is 28.9 Å². The minimum Gasteiger partial charge on any atom is -0.481 e. The molecule has 28 heavy (non-hydrogen) atoms. The van der Waals surface area contributed by atoms with Gasteiger partial charge in [-0.3, -0.25) is 14.4 Å². The number of carbonyl (C=O) groups is 2. The van der Waals surface area contributed by atoms with Gasteiger partial charge in [0.1, 0.15) is 5.82 Å². The molecule has 0 saturated carbocycles. The van der Waals surface area contributed by atoms with Crippen molar-refractivity contribution in [1.82, 2.24) is 15.1 Å². The molecule has 0 aliphatic heterocycles. The quantitative estimate of drug-likeness (QED) is 0.681. The Morgan fingerprint density at radius 1 is 1.14 bits per heavy atom. The summed E-state index contributed by atoms with van der Waals surface area (Å²) in [5.74, 6) is -2.20. The highest BCUT2D eigenvalue weighted by Crippen LogP contribution is 2.20. The number of aliphatic carboxylic acids is 1. The summed E-state index contributed by atoms with van der Waals surface area (Å²) in [4.78, 5) is 36.6. The van der Waals surface area contributed by atoms with Crippen LogP contribution < -0.4 is 10.9 Å². The van der Waals surface area contributed by atoms with Crippen molar-refractivity contribution in [2.75, 3.05) is 0 Å². The second-order valence-corrected chi connectivity index (χ2v) is 6.19. The summed E-state index contributed by atoms with van der Waals surface area (Å²) in [6, 6.07) is 10.9. The van der Waals surface area contributed by atoms with Gasteiger partial charge >= 0.3 is 5.97 Å². The van der Waals surface area contributed by atoms with Crippen LogP contribution in [0.1, 0.15) is 35.4 Å². The standard InChI is InChI=1S/C20H18FN3O4/c1-2-24-20(28)15-6-4-3-5-14(15)18(23-24)19(27)22-16(11-17(25)26)12-7-9-13(21)10-8-12/h3-10,16H,2,11H2,1H3,(H,22,27)(H,25,26)/t16-/m1/s1. The number of hydrogen-bond donors (Lipinski definition) is 2. The number of halogens is 1. The summed E-state index contributed by atoms with van der Waals surface area (Å²) in [5, 5.41) is 16.7. The summed E-state index contributed by atoms with van der Waals surface area (Å²) in [6.45, 7) is 2.01. The van der Waals surface area contributed by atoms with Crippen LogP contribution in [0.25, 0.3) is 10.8 Å². The molecule has 0 saturated heterocycles. The Morgan fingerprint density at radius 2 is 1.79 bits per heavy atom. The predicted octanol–water partition coefficient (Wildman–Crippen LogP) is 2.50. The van der Waals surface area contributed by atoms with Crippen LogP contribution in [0.15, 0.2) is 53.3 Å². The normalized spacial score (nSPS) is 11.9. The number of hydrogen-bond acceptors (Lipinski definition) is 4. The molecule has 7 nitrogen and oxygen atoms in total. The van der Waals surface area contributed by atoms with E-state index in [-0.39, 0.29) is 24.2 Å². The zero-order valence-corrected chi connectivity index (χ0v) is 15.1. The Labute approximate surface area is 159 Å². The molecule has 3 rings (SSSR count). The first-order chi connectivity index (χ1) is 13.4. The Morgan fingerprint density at radius 3 is 2.39 bits per heavy atom. The first kappa shape index (κ1) is 19.2. The van der Waals surface area contributed by atoms with Gasteiger partial charge in [-0.2, -0.15) is 5.10 Å². The lowest BCUT2D eigenvalue weighted by molar-refractivity contribution is -0.137. The van der Waals surface area contributed by atoms with Crippen molar-refractivity contribution in [3.05, 3.63) is 76.0 Å². The van der Waals surface area contributed by atoms with Gasteiger partial charge in [-0.25, -0.2) is 9.07 Å². The summed E-state index contributed by atoms with van der Waals surface area (Å²) in [5.41, 5.74) is 0.162. The molecule has 1 aromatic heterocycles. The van der Waals surface area contributed by atoms with Gasteiger partial charge in [-0.1, -0.05) is 30.3 Å². The number of aromatic nitrogens is 2. The number of amides is 1. The van der Waals surface area contributed by atoms with Crippen molar-refractivity contribution in [3.63, 3.8) is 0 Å². The minimum atomic E-state index is -1.12. The number of benzene rings is 2. The van der Waals surface area contributed by atoms with Gasteiger partial charge in [0.05, 0.1) is 17.8 Å². The van der Waals surface area contributed by atoms with E-state index in [2.05, 4.69) is 10.4 Å². The first-order valence-electron chi connectivity index (χ1n) is 8.68. The van der Waals surface area contributed by atoms with Gasteiger partial charge in [0, 0.05) is 11.9 Å². The third-order valence-electron chi connectivity index (χ3n) is 4.34. The Kier molecular flexibility index (Phi) is 5.49. The SMILES string of the molecule is CCn1nc(C(=O)N[C@H](CC(=O)O)c2ccc(F)cc2)c2ccccc2c1=O. The average Bonchev–Trinajstić information content (AvgIpc) is 2.68. The highest BCUT2D eigenvalue weighted by molar-refractivity contribution is 6.05. The molecule has 0 aliphatic carbocycles.